The SMILES string of the molecule is Cc1cc(OCC(F)F)cc(C(C)N2Cc3c(ccnc3NC(=O)CC3CC3)C2=O)c1. The van der Waals surface area contributed by atoms with Crippen molar-refractivity contribution < 1.29 is 23.1 Å². The highest BCUT2D eigenvalue weighted by molar-refractivity contribution is 6.01. The number of hydrogen-bond acceptors (Lipinski definition) is 4. The van der Waals surface area contributed by atoms with E-state index in [1.54, 1.807) is 23.1 Å². The van der Waals surface area contributed by atoms with E-state index in [9.17, 15) is 18.4 Å². The average Bonchev–Trinajstić information content (AvgIpc) is 3.47. The number of carbonyl (C=O) groups excluding carboxylic acids is 2. The molecule has 6 nitrogen and oxygen atoms in total. The molecule has 2 amide bonds. The lowest BCUT2D eigenvalue weighted by molar-refractivity contribution is -0.116. The van der Waals surface area contributed by atoms with Gasteiger partial charge in [0.05, 0.1) is 12.6 Å². The van der Waals surface area contributed by atoms with E-state index in [4.69, 9.17) is 4.74 Å². The molecule has 8 heteroatoms. The number of ether oxygens (including phenoxy) is 1. The first-order valence-electron chi connectivity index (χ1n) is 10.4. The smallest absolute Gasteiger partial charge is 0.272 e. The number of pyridine rings is 1. The lowest BCUT2D eigenvalue weighted by atomic mass is 10.0. The van der Waals surface area contributed by atoms with Crippen LogP contribution in [0.25, 0.3) is 0 Å². The molecule has 2 aromatic rings. The Hall–Kier alpha value is -3.03. The second-order valence-corrected chi connectivity index (χ2v) is 8.27. The zero-order valence-electron chi connectivity index (χ0n) is 17.5. The fourth-order valence-corrected chi connectivity index (χ4v) is 3.88. The summed E-state index contributed by atoms with van der Waals surface area (Å²) in [5, 5.41) is 2.86. The molecule has 1 N–H and O–H groups in total. The predicted molar refractivity (Wildman–Crippen MR) is 111 cm³/mol. The molecule has 1 fully saturated rings. The first-order valence-corrected chi connectivity index (χ1v) is 10.4. The van der Waals surface area contributed by atoms with Crippen molar-refractivity contribution in [2.75, 3.05) is 11.9 Å². The van der Waals surface area contributed by atoms with Gasteiger partial charge in [0.15, 0.2) is 0 Å². The predicted octanol–water partition coefficient (Wildman–Crippen LogP) is 4.49. The summed E-state index contributed by atoms with van der Waals surface area (Å²) < 4.78 is 30.2. The molecule has 1 aromatic heterocycles. The van der Waals surface area contributed by atoms with E-state index in [1.165, 1.54) is 6.20 Å². The highest BCUT2D eigenvalue weighted by Gasteiger charge is 2.34. The number of nitrogens with one attached hydrogen (secondary N) is 1. The Morgan fingerprint density at radius 3 is 2.81 bits per heavy atom. The number of nitrogens with zero attached hydrogens (tertiary/aromatic N) is 2. The largest absolute Gasteiger partial charge is 0.488 e. The lowest BCUT2D eigenvalue weighted by Gasteiger charge is -2.25. The van der Waals surface area contributed by atoms with Crippen LogP contribution in [0.5, 0.6) is 5.75 Å². The number of aromatic nitrogens is 1. The molecule has 1 aromatic carbocycles. The molecule has 0 radical (unpaired) electrons. The molecule has 31 heavy (non-hydrogen) atoms. The van der Waals surface area contributed by atoms with Gasteiger partial charge in [0.25, 0.3) is 12.3 Å². The lowest BCUT2D eigenvalue weighted by Crippen LogP contribution is -2.27. The van der Waals surface area contributed by atoms with Gasteiger partial charge >= 0.3 is 0 Å². The number of amides is 2. The summed E-state index contributed by atoms with van der Waals surface area (Å²) in [5.74, 6) is 0.996. The number of halogens is 2. The number of aryl methyl sites for hydroxylation is 1. The van der Waals surface area contributed by atoms with Crippen LogP contribution in [-0.4, -0.2) is 34.7 Å². The maximum atomic E-state index is 13.1. The highest BCUT2D eigenvalue weighted by Crippen LogP contribution is 2.36. The molecule has 164 valence electrons. The van der Waals surface area contributed by atoms with Gasteiger partial charge in [-0.1, -0.05) is 6.07 Å². The molecule has 1 aliphatic heterocycles. The third kappa shape index (κ3) is 4.84. The van der Waals surface area contributed by atoms with Crippen LogP contribution in [0, 0.1) is 12.8 Å². The molecular weight excluding hydrogens is 404 g/mol. The molecule has 0 saturated heterocycles. The van der Waals surface area contributed by atoms with Gasteiger partial charge < -0.3 is 15.0 Å². The van der Waals surface area contributed by atoms with Gasteiger partial charge in [-0.15, -0.1) is 0 Å². The maximum absolute atomic E-state index is 13.1. The summed E-state index contributed by atoms with van der Waals surface area (Å²) in [7, 11) is 0. The third-order valence-electron chi connectivity index (χ3n) is 5.70. The number of fused-ring (bicyclic) bond motifs is 1. The van der Waals surface area contributed by atoms with Crippen LogP contribution in [0.15, 0.2) is 30.5 Å². The van der Waals surface area contributed by atoms with Crippen molar-refractivity contribution >= 4 is 17.6 Å². The minimum Gasteiger partial charge on any atom is -0.488 e. The molecular formula is C23H25F2N3O3. The van der Waals surface area contributed by atoms with Crippen molar-refractivity contribution in [3.05, 3.63) is 52.7 Å². The zero-order valence-corrected chi connectivity index (χ0v) is 17.5. The Bertz CT molecular complexity index is 1010. The number of hydrogen-bond donors (Lipinski definition) is 1. The van der Waals surface area contributed by atoms with Crippen LogP contribution in [0.1, 0.15) is 59.3 Å². The Morgan fingerprint density at radius 2 is 2.10 bits per heavy atom. The Kier molecular flexibility index (Phi) is 5.89. The molecule has 2 heterocycles. The third-order valence-corrected chi connectivity index (χ3v) is 5.70. The van der Waals surface area contributed by atoms with Crippen molar-refractivity contribution in [3.8, 4) is 5.75 Å². The summed E-state index contributed by atoms with van der Waals surface area (Å²) >= 11 is 0. The monoisotopic (exact) mass is 429 g/mol. The molecule has 1 unspecified atom stereocenters. The molecule has 4 rings (SSSR count). The van der Waals surface area contributed by atoms with Crippen LogP contribution in [-0.2, 0) is 11.3 Å². The van der Waals surface area contributed by atoms with Crippen LogP contribution >= 0.6 is 0 Å². The van der Waals surface area contributed by atoms with Gasteiger partial charge in [0, 0.05) is 23.7 Å². The normalized spacial score (nSPS) is 16.4. The molecule has 0 spiro atoms. The minimum atomic E-state index is -2.56. The van der Waals surface area contributed by atoms with Crippen molar-refractivity contribution in [3.63, 3.8) is 0 Å². The molecule has 0 bridgehead atoms. The van der Waals surface area contributed by atoms with Crippen LogP contribution in [0.4, 0.5) is 14.6 Å². The minimum absolute atomic E-state index is 0.0816. The number of alkyl halides is 2. The summed E-state index contributed by atoms with van der Waals surface area (Å²) in [5.41, 5.74) is 2.86. The van der Waals surface area contributed by atoms with Gasteiger partial charge in [0.1, 0.15) is 18.2 Å². The number of benzene rings is 1. The van der Waals surface area contributed by atoms with Gasteiger partial charge in [-0.2, -0.15) is 0 Å². The van der Waals surface area contributed by atoms with Crippen molar-refractivity contribution in [2.24, 2.45) is 5.92 Å². The van der Waals surface area contributed by atoms with Gasteiger partial charge in [0.2, 0.25) is 5.91 Å². The topological polar surface area (TPSA) is 71.5 Å². The molecule has 1 atom stereocenters. The first kappa shape index (κ1) is 21.2. The van der Waals surface area contributed by atoms with E-state index >= 15 is 0 Å². The van der Waals surface area contributed by atoms with E-state index in [1.807, 2.05) is 19.9 Å². The van der Waals surface area contributed by atoms with Crippen molar-refractivity contribution in [1.29, 1.82) is 0 Å². The van der Waals surface area contributed by atoms with E-state index in [0.717, 1.165) is 24.0 Å². The average molecular weight is 429 g/mol. The van der Waals surface area contributed by atoms with E-state index < -0.39 is 13.0 Å². The number of carbonyl (C=O) groups is 2. The second-order valence-electron chi connectivity index (χ2n) is 8.27. The summed E-state index contributed by atoms with van der Waals surface area (Å²) in [6.07, 6.45) is 1.61. The van der Waals surface area contributed by atoms with Crippen LogP contribution in [0.2, 0.25) is 0 Å². The van der Waals surface area contributed by atoms with Crippen LogP contribution < -0.4 is 10.1 Å². The van der Waals surface area contributed by atoms with Gasteiger partial charge in [-0.05, 0) is 61.9 Å². The quantitative estimate of drug-likeness (QED) is 0.671. The maximum Gasteiger partial charge on any atom is 0.272 e. The van der Waals surface area contributed by atoms with Gasteiger partial charge in [-0.25, -0.2) is 13.8 Å². The van der Waals surface area contributed by atoms with Crippen molar-refractivity contribution in [1.82, 2.24) is 9.88 Å². The Morgan fingerprint density at radius 1 is 1.32 bits per heavy atom. The summed E-state index contributed by atoms with van der Waals surface area (Å²) in [4.78, 5) is 31.3. The molecule has 2 aliphatic rings. The highest BCUT2D eigenvalue weighted by atomic mass is 19.3. The molecule has 1 saturated carbocycles. The van der Waals surface area contributed by atoms with Gasteiger partial charge in [-0.3, -0.25) is 9.59 Å². The van der Waals surface area contributed by atoms with Crippen LogP contribution in [0.3, 0.4) is 0 Å². The fourth-order valence-electron chi connectivity index (χ4n) is 3.88. The molecule has 1 aliphatic carbocycles. The number of anilines is 1. The number of rotatable bonds is 8. The van der Waals surface area contributed by atoms with Crippen molar-refractivity contribution in [2.45, 2.75) is 52.1 Å². The zero-order chi connectivity index (χ0) is 22.1. The first-order chi connectivity index (χ1) is 14.8. The van der Waals surface area contributed by atoms with E-state index in [0.29, 0.717) is 41.6 Å². The summed E-state index contributed by atoms with van der Waals surface area (Å²) in [6.45, 7) is 3.36. The standard InChI is InChI=1S/C23H25F2N3O3/c1-13-7-16(10-17(8-13)31-12-20(24)25)14(2)28-11-19-18(23(28)30)5-6-26-22(19)27-21(29)9-15-3-4-15/h5-8,10,14-15,20H,3-4,9,11-12H2,1-2H3,(H,26,27,29). The second kappa shape index (κ2) is 8.61. The Balaban J connectivity index is 1.53. The summed E-state index contributed by atoms with van der Waals surface area (Å²) in [6, 6.07) is 6.63. The fraction of sp³-hybridized carbons (Fsp3) is 0.435. The van der Waals surface area contributed by atoms with E-state index in [2.05, 4.69) is 10.3 Å². The Labute approximate surface area is 179 Å². The van der Waals surface area contributed by atoms with E-state index in [-0.39, 0.29) is 17.9 Å².